The smallest absolute Gasteiger partial charge is 0.418 e. The zero-order valence-electron chi connectivity index (χ0n) is 33.3. The number of piperidine rings is 2. The molecule has 4 aliphatic rings. The average Bonchev–Trinajstić information content (AvgIpc) is 3.36. The van der Waals surface area contributed by atoms with E-state index in [4.69, 9.17) is 26.8 Å². The minimum absolute atomic E-state index is 0.0165. The van der Waals surface area contributed by atoms with Crippen molar-refractivity contribution < 1.29 is 41.8 Å². The third-order valence-corrected chi connectivity index (χ3v) is 12.0. The first-order chi connectivity index (χ1) is 27.6. The Kier molecular flexibility index (Phi) is 14.0. The first-order valence-corrected chi connectivity index (χ1v) is 20.3. The number of fused-ring (bicyclic) bond motifs is 1. The van der Waals surface area contributed by atoms with Crippen LogP contribution in [0.15, 0.2) is 36.4 Å². The molecule has 2 atom stereocenters. The van der Waals surface area contributed by atoms with Crippen molar-refractivity contribution in [1.82, 2.24) is 29.4 Å². The lowest BCUT2D eigenvalue weighted by Gasteiger charge is -2.46. The summed E-state index contributed by atoms with van der Waals surface area (Å²) in [6.07, 6.45) is -4.70. The summed E-state index contributed by atoms with van der Waals surface area (Å²) in [6, 6.07) is 8.93. The number of hydrogen-bond acceptors (Lipinski definition) is 10. The predicted molar refractivity (Wildman–Crippen MR) is 212 cm³/mol. The highest BCUT2D eigenvalue weighted by molar-refractivity contribution is 6.33. The molecule has 4 aliphatic heterocycles. The van der Waals surface area contributed by atoms with Crippen molar-refractivity contribution in [1.29, 1.82) is 0 Å². The number of urea groups is 1. The molecule has 0 saturated carbocycles. The van der Waals surface area contributed by atoms with E-state index in [1.165, 1.54) is 11.0 Å². The van der Waals surface area contributed by atoms with Gasteiger partial charge in [-0.1, -0.05) is 29.8 Å². The SMILES string of the molecule is CN(C)CCOC(=O)[C@@H]1CN(C)CCN1C1CCN(C(=O)[C@@H](Cc2cc(Cl)c(N)c(C(F)(F)F)c2)OC(=O)N2CCC(N3CCc4ccccc4NC3=O)CC2)CC1. The Hall–Kier alpha value is -4.32. The van der Waals surface area contributed by atoms with Crippen LogP contribution in [-0.4, -0.2) is 164 Å². The molecule has 3 saturated heterocycles. The standard InChI is InChI=1S/C40H54ClF3N8O6/c1-47(2)20-21-57-37(54)33-25-48(3)18-19-51(33)28-9-13-49(14-10-28)36(53)34(24-26-22-30(40(42,43)44)35(45)31(41)23-26)58-39(56)50-15-11-29(12-16-50)52-17-8-27-6-4-5-7-32(27)46-38(52)55/h4-7,22-23,28-29,33-34H,8-21,24-25,45H2,1-3H3,(H,46,55)/t33-,34+/m0/s1. The van der Waals surface area contributed by atoms with Gasteiger partial charge in [-0.2, -0.15) is 13.2 Å². The Morgan fingerprint density at radius 1 is 0.966 bits per heavy atom. The number of likely N-dealkylation sites (N-methyl/N-ethyl adjacent to an activating group) is 2. The second-order valence-electron chi connectivity index (χ2n) is 15.9. The fraction of sp³-hybridized carbons (Fsp3) is 0.600. The summed E-state index contributed by atoms with van der Waals surface area (Å²) in [5, 5.41) is 2.66. The van der Waals surface area contributed by atoms with Crippen LogP contribution in [0.3, 0.4) is 0 Å². The number of nitrogens with zero attached hydrogens (tertiary/aromatic N) is 6. The number of carbonyl (C=O) groups is 4. The lowest BCUT2D eigenvalue weighted by atomic mass is 9.98. The first-order valence-electron chi connectivity index (χ1n) is 19.9. The number of anilines is 2. The van der Waals surface area contributed by atoms with E-state index in [0.717, 1.165) is 23.9 Å². The van der Waals surface area contributed by atoms with Crippen LogP contribution < -0.4 is 11.1 Å². The number of carbonyl (C=O) groups excluding carboxylic acids is 4. The molecule has 14 nitrogen and oxygen atoms in total. The highest BCUT2D eigenvalue weighted by Gasteiger charge is 2.41. The van der Waals surface area contributed by atoms with Crippen LogP contribution in [0.2, 0.25) is 5.02 Å². The molecule has 2 aromatic carbocycles. The number of alkyl halides is 3. The van der Waals surface area contributed by atoms with Gasteiger partial charge in [0.05, 0.1) is 16.3 Å². The van der Waals surface area contributed by atoms with Gasteiger partial charge in [0.25, 0.3) is 5.91 Å². The number of piperazine rings is 1. The van der Waals surface area contributed by atoms with Gasteiger partial charge in [-0.3, -0.25) is 14.5 Å². The van der Waals surface area contributed by atoms with E-state index in [1.54, 1.807) is 9.80 Å². The van der Waals surface area contributed by atoms with Gasteiger partial charge in [-0.05, 0) is 82.6 Å². The highest BCUT2D eigenvalue weighted by atomic mass is 35.5. The van der Waals surface area contributed by atoms with E-state index >= 15 is 0 Å². The number of likely N-dealkylation sites (tertiary alicyclic amines) is 2. The van der Waals surface area contributed by atoms with Gasteiger partial charge in [-0.25, -0.2) is 9.59 Å². The fourth-order valence-electron chi connectivity index (χ4n) is 8.34. The van der Waals surface area contributed by atoms with Gasteiger partial charge in [0.2, 0.25) is 0 Å². The summed E-state index contributed by atoms with van der Waals surface area (Å²) in [5.74, 6) is -0.828. The van der Waals surface area contributed by atoms with E-state index < -0.39 is 41.6 Å². The molecule has 58 heavy (non-hydrogen) atoms. The van der Waals surface area contributed by atoms with Crippen molar-refractivity contribution in [2.45, 2.75) is 68.9 Å². The van der Waals surface area contributed by atoms with Crippen molar-refractivity contribution in [3.63, 3.8) is 0 Å². The zero-order chi connectivity index (χ0) is 41.7. The Morgan fingerprint density at radius 3 is 2.33 bits per heavy atom. The molecule has 6 rings (SSSR count). The van der Waals surface area contributed by atoms with Crippen LogP contribution in [0.1, 0.15) is 42.4 Å². The normalized spacial score (nSPS) is 21.0. The lowest BCUT2D eigenvalue weighted by Crippen LogP contribution is -2.61. The van der Waals surface area contributed by atoms with Crippen LogP contribution in [-0.2, 0) is 38.1 Å². The molecule has 0 aliphatic carbocycles. The van der Waals surface area contributed by atoms with Gasteiger partial charge in [0.15, 0.2) is 6.10 Å². The Bertz CT molecular complexity index is 1800. The van der Waals surface area contributed by atoms with Crippen LogP contribution in [0.5, 0.6) is 0 Å². The number of benzene rings is 2. The van der Waals surface area contributed by atoms with Crippen LogP contribution in [0.4, 0.5) is 34.1 Å². The molecule has 3 N–H and O–H groups in total. The topological polar surface area (TPSA) is 144 Å². The number of para-hydroxylation sites is 1. The molecule has 0 spiro atoms. The number of nitrogens with two attached hydrogens (primary N) is 1. The van der Waals surface area contributed by atoms with Gasteiger partial charge >= 0.3 is 24.3 Å². The molecule has 318 valence electrons. The Morgan fingerprint density at radius 2 is 1.64 bits per heavy atom. The van der Waals surface area contributed by atoms with Gasteiger partial charge in [0.1, 0.15) is 12.6 Å². The summed E-state index contributed by atoms with van der Waals surface area (Å²) in [5.41, 5.74) is 5.77. The molecular weight excluding hydrogens is 781 g/mol. The largest absolute Gasteiger partial charge is 0.463 e. The van der Waals surface area contributed by atoms with Crippen molar-refractivity contribution in [3.05, 3.63) is 58.1 Å². The predicted octanol–water partition coefficient (Wildman–Crippen LogP) is 4.26. The maximum Gasteiger partial charge on any atom is 0.418 e. The third-order valence-electron chi connectivity index (χ3n) is 11.7. The van der Waals surface area contributed by atoms with Gasteiger partial charge in [-0.15, -0.1) is 0 Å². The number of halogens is 4. The third kappa shape index (κ3) is 10.5. The molecule has 0 bridgehead atoms. The molecule has 18 heteroatoms. The monoisotopic (exact) mass is 834 g/mol. The molecule has 2 aromatic rings. The number of ether oxygens (including phenoxy) is 2. The lowest BCUT2D eigenvalue weighted by molar-refractivity contribution is -0.155. The quantitative estimate of drug-likeness (QED) is 0.264. The molecule has 3 fully saturated rings. The summed E-state index contributed by atoms with van der Waals surface area (Å²) >= 11 is 6.15. The minimum Gasteiger partial charge on any atom is -0.463 e. The Balaban J connectivity index is 1.12. The Labute approximate surface area is 342 Å². The van der Waals surface area contributed by atoms with Crippen molar-refractivity contribution in [2.24, 2.45) is 0 Å². The summed E-state index contributed by atoms with van der Waals surface area (Å²) in [4.78, 5) is 65.4. The second-order valence-corrected chi connectivity index (χ2v) is 16.3. The van der Waals surface area contributed by atoms with Gasteiger partial charge < -0.3 is 45.0 Å². The average molecular weight is 835 g/mol. The van der Waals surface area contributed by atoms with Crippen molar-refractivity contribution in [2.75, 3.05) is 97.7 Å². The molecule has 0 aromatic heterocycles. The van der Waals surface area contributed by atoms with Crippen LogP contribution in [0.25, 0.3) is 0 Å². The number of hydrogen-bond donors (Lipinski definition) is 2. The van der Waals surface area contributed by atoms with Gasteiger partial charge in [0, 0.05) is 83.1 Å². The fourth-order valence-corrected chi connectivity index (χ4v) is 8.58. The molecule has 4 amide bonds. The summed E-state index contributed by atoms with van der Waals surface area (Å²) in [7, 11) is 5.77. The maximum atomic E-state index is 14.2. The van der Waals surface area contributed by atoms with E-state index in [0.29, 0.717) is 58.3 Å². The number of rotatable bonds is 10. The zero-order valence-corrected chi connectivity index (χ0v) is 34.1. The summed E-state index contributed by atoms with van der Waals surface area (Å²) in [6.45, 7) is 4.40. The first kappa shape index (κ1) is 43.3. The maximum absolute atomic E-state index is 14.2. The molecule has 0 radical (unpaired) electrons. The van der Waals surface area contributed by atoms with Crippen LogP contribution >= 0.6 is 11.6 Å². The minimum atomic E-state index is -4.81. The number of nitrogens with one attached hydrogen (secondary N) is 1. The molecular formula is C40H54ClF3N8O6. The molecule has 4 heterocycles. The van der Waals surface area contributed by atoms with Crippen LogP contribution in [0, 0.1) is 0 Å². The van der Waals surface area contributed by atoms with E-state index in [-0.39, 0.29) is 73.9 Å². The van der Waals surface area contributed by atoms with E-state index in [9.17, 15) is 32.3 Å². The van der Waals surface area contributed by atoms with E-state index in [2.05, 4.69) is 15.1 Å². The number of nitrogen functional groups attached to an aromatic ring is 1. The number of esters is 1. The highest BCUT2D eigenvalue weighted by Crippen LogP contribution is 2.38. The molecule has 0 unspecified atom stereocenters. The number of amides is 4. The van der Waals surface area contributed by atoms with E-state index in [1.807, 2.05) is 50.3 Å². The van der Waals surface area contributed by atoms with Crippen molar-refractivity contribution in [3.8, 4) is 0 Å². The van der Waals surface area contributed by atoms with Crippen molar-refractivity contribution >= 4 is 47.0 Å². The second kappa shape index (κ2) is 18.7. The summed E-state index contributed by atoms with van der Waals surface area (Å²) < 4.78 is 53.3.